The quantitative estimate of drug-likeness (QED) is 0.769. The molecule has 1 N–H and O–H groups in total. The summed E-state index contributed by atoms with van der Waals surface area (Å²) >= 11 is 0. The number of nitrogens with zero attached hydrogens (tertiary/aromatic N) is 3. The number of pyridine rings is 1. The van der Waals surface area contributed by atoms with E-state index in [0.717, 1.165) is 35.7 Å². The number of benzene rings is 1. The maximum Gasteiger partial charge on any atom is 0.240 e. The topological polar surface area (TPSA) is 82.6 Å². The van der Waals surface area contributed by atoms with Crippen LogP contribution in [0.25, 0.3) is 0 Å². The average molecular weight is 403 g/mol. The molecular weight excluding hydrogens is 376 g/mol. The third kappa shape index (κ3) is 4.18. The third-order valence-corrected chi connectivity index (χ3v) is 6.40. The summed E-state index contributed by atoms with van der Waals surface area (Å²) in [6.45, 7) is 8.15. The van der Waals surface area contributed by atoms with E-state index in [2.05, 4.69) is 28.5 Å². The van der Waals surface area contributed by atoms with Crippen LogP contribution in [0.1, 0.15) is 31.9 Å². The zero-order chi connectivity index (χ0) is 20.3. The lowest BCUT2D eigenvalue weighted by molar-refractivity contribution is -0.116. The van der Waals surface area contributed by atoms with E-state index in [9.17, 15) is 13.2 Å². The van der Waals surface area contributed by atoms with Crippen LogP contribution >= 0.6 is 0 Å². The van der Waals surface area contributed by atoms with Crippen LogP contribution in [0, 0.1) is 0 Å². The lowest BCUT2D eigenvalue weighted by Crippen LogP contribution is -2.26. The lowest BCUT2D eigenvalue weighted by atomic mass is 10.2. The second kappa shape index (κ2) is 8.28. The van der Waals surface area contributed by atoms with Crippen molar-refractivity contribution >= 4 is 27.4 Å². The molecule has 0 bridgehead atoms. The number of hydrogen-bond donors (Lipinski definition) is 1. The summed E-state index contributed by atoms with van der Waals surface area (Å²) in [5.74, 6) is 0.846. The molecule has 0 aliphatic carbocycles. The van der Waals surface area contributed by atoms with Gasteiger partial charge in [-0.3, -0.25) is 4.79 Å². The van der Waals surface area contributed by atoms with E-state index < -0.39 is 10.0 Å². The molecule has 3 rings (SSSR count). The Hall–Kier alpha value is -2.45. The van der Waals surface area contributed by atoms with Gasteiger partial charge in [-0.1, -0.05) is 6.07 Å². The van der Waals surface area contributed by atoms with Crippen molar-refractivity contribution in [2.75, 3.05) is 29.4 Å². The highest BCUT2D eigenvalue weighted by Crippen LogP contribution is 2.30. The fourth-order valence-corrected chi connectivity index (χ4v) is 4.46. The Morgan fingerprint density at radius 3 is 2.57 bits per heavy atom. The first kappa shape index (κ1) is 20.3. The van der Waals surface area contributed by atoms with Crippen LogP contribution in [-0.2, 0) is 27.8 Å². The van der Waals surface area contributed by atoms with Gasteiger partial charge in [0.25, 0.3) is 0 Å². The Morgan fingerprint density at radius 1 is 1.21 bits per heavy atom. The largest absolute Gasteiger partial charge is 0.357 e. The van der Waals surface area contributed by atoms with E-state index in [1.165, 1.54) is 6.92 Å². The van der Waals surface area contributed by atoms with E-state index in [1.807, 2.05) is 12.1 Å². The predicted molar refractivity (Wildman–Crippen MR) is 110 cm³/mol. The van der Waals surface area contributed by atoms with Gasteiger partial charge < -0.3 is 9.80 Å². The van der Waals surface area contributed by atoms with Gasteiger partial charge in [0.2, 0.25) is 15.9 Å². The van der Waals surface area contributed by atoms with Crippen molar-refractivity contribution in [3.8, 4) is 0 Å². The highest BCUT2D eigenvalue weighted by Gasteiger charge is 2.24. The van der Waals surface area contributed by atoms with Crippen molar-refractivity contribution in [1.82, 2.24) is 9.71 Å². The van der Waals surface area contributed by atoms with E-state index >= 15 is 0 Å². The number of sulfonamides is 1. The summed E-state index contributed by atoms with van der Waals surface area (Å²) in [4.78, 5) is 20.1. The fraction of sp³-hybridized carbons (Fsp3) is 0.400. The van der Waals surface area contributed by atoms with Crippen LogP contribution in [0.2, 0.25) is 0 Å². The Kier molecular flexibility index (Phi) is 6.00. The molecule has 0 unspecified atom stereocenters. The second-order valence-corrected chi connectivity index (χ2v) is 8.50. The minimum absolute atomic E-state index is 0.0341. The summed E-state index contributed by atoms with van der Waals surface area (Å²) in [5, 5.41) is 0. The molecule has 0 saturated carbocycles. The normalized spacial score (nSPS) is 13.5. The highest BCUT2D eigenvalue weighted by atomic mass is 32.2. The summed E-state index contributed by atoms with van der Waals surface area (Å²) in [6.07, 6.45) is 2.36. The monoisotopic (exact) mass is 402 g/mol. The first-order valence-corrected chi connectivity index (χ1v) is 10.9. The molecule has 0 fully saturated rings. The molecule has 1 aliphatic rings. The molecule has 8 heteroatoms. The molecule has 0 saturated heterocycles. The average Bonchev–Trinajstić information content (AvgIpc) is 3.12. The van der Waals surface area contributed by atoms with Crippen molar-refractivity contribution in [1.29, 1.82) is 0 Å². The van der Waals surface area contributed by atoms with Gasteiger partial charge in [-0.05, 0) is 55.7 Å². The molecule has 2 aromatic rings. The number of carbonyl (C=O) groups excluding carboxylic acids is 1. The Morgan fingerprint density at radius 2 is 1.96 bits per heavy atom. The zero-order valence-corrected chi connectivity index (χ0v) is 17.3. The molecule has 0 atom stereocenters. The van der Waals surface area contributed by atoms with Crippen LogP contribution in [-0.4, -0.2) is 38.9 Å². The van der Waals surface area contributed by atoms with Crippen LogP contribution in [0.15, 0.2) is 41.4 Å². The van der Waals surface area contributed by atoms with Gasteiger partial charge in [0.05, 0.1) is 4.90 Å². The molecular formula is C20H26N4O3S. The van der Waals surface area contributed by atoms with Crippen molar-refractivity contribution in [2.24, 2.45) is 0 Å². The number of amides is 1. The van der Waals surface area contributed by atoms with Crippen molar-refractivity contribution in [3.63, 3.8) is 0 Å². The summed E-state index contributed by atoms with van der Waals surface area (Å²) in [6, 6.07) is 8.70. The van der Waals surface area contributed by atoms with E-state index in [0.29, 0.717) is 13.0 Å². The molecule has 1 aliphatic heterocycles. The molecule has 1 amide bonds. The van der Waals surface area contributed by atoms with Gasteiger partial charge in [0, 0.05) is 45.0 Å². The molecule has 1 aromatic heterocycles. The van der Waals surface area contributed by atoms with Crippen LogP contribution in [0.5, 0.6) is 0 Å². The SMILES string of the molecule is CCN(CC)c1ccc(CNS(=O)(=O)c2ccc3c(c2)CCN3C(C)=O)cn1. The number of rotatable bonds is 7. The Bertz CT molecular complexity index is 954. The van der Waals surface area contributed by atoms with Gasteiger partial charge >= 0.3 is 0 Å². The Balaban J connectivity index is 1.70. The molecule has 0 spiro atoms. The number of carbonyl (C=O) groups is 1. The van der Waals surface area contributed by atoms with Crippen molar-refractivity contribution in [2.45, 2.75) is 38.6 Å². The van der Waals surface area contributed by atoms with E-state index in [1.54, 1.807) is 29.3 Å². The summed E-state index contributed by atoms with van der Waals surface area (Å²) < 4.78 is 28.0. The smallest absolute Gasteiger partial charge is 0.240 e. The predicted octanol–water partition coefficient (Wildman–Crippen LogP) is 2.32. The second-order valence-electron chi connectivity index (χ2n) is 6.73. The van der Waals surface area contributed by atoms with Gasteiger partial charge in [-0.15, -0.1) is 0 Å². The Labute approximate surface area is 166 Å². The lowest BCUT2D eigenvalue weighted by Gasteiger charge is -2.19. The number of hydrogen-bond acceptors (Lipinski definition) is 5. The molecule has 0 radical (unpaired) electrons. The fourth-order valence-electron chi connectivity index (χ4n) is 3.39. The first-order chi connectivity index (χ1) is 13.4. The number of anilines is 2. The maximum atomic E-state index is 12.7. The molecule has 2 heterocycles. The van der Waals surface area contributed by atoms with E-state index in [4.69, 9.17) is 0 Å². The van der Waals surface area contributed by atoms with E-state index in [-0.39, 0.29) is 17.3 Å². The molecule has 28 heavy (non-hydrogen) atoms. The van der Waals surface area contributed by atoms with Crippen LogP contribution in [0.3, 0.4) is 0 Å². The minimum atomic E-state index is -3.65. The number of fused-ring (bicyclic) bond motifs is 1. The number of nitrogens with one attached hydrogen (secondary N) is 1. The molecule has 1 aromatic carbocycles. The van der Waals surface area contributed by atoms with Crippen LogP contribution < -0.4 is 14.5 Å². The molecule has 150 valence electrons. The summed E-state index contributed by atoms with van der Waals surface area (Å²) in [5.41, 5.74) is 2.47. The standard InChI is InChI=1S/C20H26N4O3S/c1-4-23(5-2)20-9-6-16(13-21-20)14-22-28(26,27)18-7-8-19-17(12-18)10-11-24(19)15(3)25/h6-9,12-13,22H,4-5,10-11,14H2,1-3H3. The van der Waals surface area contributed by atoms with Crippen molar-refractivity contribution < 1.29 is 13.2 Å². The van der Waals surface area contributed by atoms with Gasteiger partial charge in [0.15, 0.2) is 0 Å². The van der Waals surface area contributed by atoms with Gasteiger partial charge in [0.1, 0.15) is 5.82 Å². The number of aromatic nitrogens is 1. The minimum Gasteiger partial charge on any atom is -0.357 e. The van der Waals surface area contributed by atoms with Crippen LogP contribution in [0.4, 0.5) is 11.5 Å². The maximum absolute atomic E-state index is 12.7. The third-order valence-electron chi connectivity index (χ3n) is 5.00. The zero-order valence-electron chi connectivity index (χ0n) is 16.5. The highest BCUT2D eigenvalue weighted by molar-refractivity contribution is 7.89. The summed E-state index contributed by atoms with van der Waals surface area (Å²) in [7, 11) is -3.65. The van der Waals surface area contributed by atoms with Crippen molar-refractivity contribution in [3.05, 3.63) is 47.7 Å². The van der Waals surface area contributed by atoms with Gasteiger partial charge in [-0.25, -0.2) is 18.1 Å². The van der Waals surface area contributed by atoms with Gasteiger partial charge in [-0.2, -0.15) is 0 Å². The first-order valence-electron chi connectivity index (χ1n) is 9.46. The molecule has 7 nitrogen and oxygen atoms in total.